The van der Waals surface area contributed by atoms with Gasteiger partial charge in [-0.2, -0.15) is 0 Å². The van der Waals surface area contributed by atoms with Gasteiger partial charge < -0.3 is 15.3 Å². The molecule has 1 aromatic carbocycles. The molecule has 0 saturated carbocycles. The molecular weight excluding hydrogens is 228 g/mol. The number of fused-ring (bicyclic) bond motifs is 3. The molecule has 0 aliphatic carbocycles. The SMILES string of the molecule is O=C1c2c(Cl)cc(O)cc2C2CNCCN12. The molecule has 2 heterocycles. The van der Waals surface area contributed by atoms with Crippen molar-refractivity contribution in [1.29, 1.82) is 0 Å². The molecule has 3 rings (SSSR count). The number of nitrogens with zero attached hydrogens (tertiary/aromatic N) is 1. The molecular formula is C11H11ClN2O2. The van der Waals surface area contributed by atoms with Gasteiger partial charge in [-0.3, -0.25) is 4.79 Å². The van der Waals surface area contributed by atoms with E-state index in [9.17, 15) is 9.90 Å². The van der Waals surface area contributed by atoms with Crippen LogP contribution in [0.25, 0.3) is 0 Å². The fraction of sp³-hybridized carbons (Fsp3) is 0.364. The minimum Gasteiger partial charge on any atom is -0.508 e. The number of halogens is 1. The highest BCUT2D eigenvalue weighted by molar-refractivity contribution is 6.34. The molecule has 1 saturated heterocycles. The second kappa shape index (κ2) is 3.37. The van der Waals surface area contributed by atoms with Crippen molar-refractivity contribution in [2.24, 2.45) is 0 Å². The Balaban J connectivity index is 2.17. The van der Waals surface area contributed by atoms with Crippen LogP contribution in [0.2, 0.25) is 5.02 Å². The van der Waals surface area contributed by atoms with Gasteiger partial charge in [0.15, 0.2) is 0 Å². The van der Waals surface area contributed by atoms with Crippen molar-refractivity contribution in [3.05, 3.63) is 28.3 Å². The first-order chi connectivity index (χ1) is 7.68. The van der Waals surface area contributed by atoms with Crippen molar-refractivity contribution in [3.63, 3.8) is 0 Å². The molecule has 0 aromatic heterocycles. The number of carbonyl (C=O) groups excluding carboxylic acids is 1. The summed E-state index contributed by atoms with van der Waals surface area (Å²) in [7, 11) is 0. The van der Waals surface area contributed by atoms with Gasteiger partial charge in [-0.15, -0.1) is 0 Å². The number of piperazine rings is 1. The van der Waals surface area contributed by atoms with E-state index in [0.29, 0.717) is 17.1 Å². The summed E-state index contributed by atoms with van der Waals surface area (Å²) in [6.07, 6.45) is 0. The maximum atomic E-state index is 12.1. The Labute approximate surface area is 97.8 Å². The van der Waals surface area contributed by atoms with Gasteiger partial charge in [-0.25, -0.2) is 0 Å². The van der Waals surface area contributed by atoms with Crippen molar-refractivity contribution >= 4 is 17.5 Å². The number of benzene rings is 1. The molecule has 2 N–H and O–H groups in total. The van der Waals surface area contributed by atoms with Gasteiger partial charge in [0, 0.05) is 19.6 Å². The highest BCUT2D eigenvalue weighted by Gasteiger charge is 2.39. The number of amides is 1. The Kier molecular flexibility index (Phi) is 2.09. The summed E-state index contributed by atoms with van der Waals surface area (Å²) in [6.45, 7) is 2.22. The van der Waals surface area contributed by atoms with E-state index in [2.05, 4.69) is 5.32 Å². The number of carbonyl (C=O) groups is 1. The van der Waals surface area contributed by atoms with E-state index in [4.69, 9.17) is 11.6 Å². The maximum Gasteiger partial charge on any atom is 0.256 e. The van der Waals surface area contributed by atoms with E-state index >= 15 is 0 Å². The zero-order chi connectivity index (χ0) is 11.3. The van der Waals surface area contributed by atoms with E-state index in [0.717, 1.165) is 18.7 Å². The minimum atomic E-state index is -0.0218. The number of hydrogen-bond acceptors (Lipinski definition) is 3. The summed E-state index contributed by atoms with van der Waals surface area (Å²) >= 11 is 6.01. The average Bonchev–Trinajstić information content (AvgIpc) is 2.54. The molecule has 4 nitrogen and oxygen atoms in total. The monoisotopic (exact) mass is 238 g/mol. The third-order valence-electron chi connectivity index (χ3n) is 3.18. The summed E-state index contributed by atoms with van der Waals surface area (Å²) in [6, 6.07) is 3.07. The molecule has 84 valence electrons. The highest BCUT2D eigenvalue weighted by atomic mass is 35.5. The smallest absolute Gasteiger partial charge is 0.256 e. The van der Waals surface area contributed by atoms with Gasteiger partial charge in [-0.05, 0) is 17.7 Å². The predicted octanol–water partition coefficient (Wildman–Crippen LogP) is 1.15. The second-order valence-electron chi connectivity index (χ2n) is 4.11. The number of phenolic OH excluding ortho intramolecular Hbond substituents is 1. The molecule has 16 heavy (non-hydrogen) atoms. The normalized spacial score (nSPS) is 23.2. The van der Waals surface area contributed by atoms with Gasteiger partial charge in [-0.1, -0.05) is 11.6 Å². The molecule has 5 heteroatoms. The second-order valence-corrected chi connectivity index (χ2v) is 4.52. The fourth-order valence-corrected chi connectivity index (χ4v) is 2.77. The number of nitrogens with one attached hydrogen (secondary N) is 1. The molecule has 0 radical (unpaired) electrons. The molecule has 0 bridgehead atoms. The molecule has 1 unspecified atom stereocenters. The van der Waals surface area contributed by atoms with Gasteiger partial charge in [0.1, 0.15) is 5.75 Å². The van der Waals surface area contributed by atoms with Crippen LogP contribution in [0.3, 0.4) is 0 Å². The highest BCUT2D eigenvalue weighted by Crippen LogP contribution is 2.40. The van der Waals surface area contributed by atoms with Crippen LogP contribution in [0.1, 0.15) is 22.0 Å². The largest absolute Gasteiger partial charge is 0.508 e. The maximum absolute atomic E-state index is 12.1. The standard InChI is InChI=1S/C11H11ClN2O2/c12-8-4-6(15)3-7-9-5-13-1-2-14(9)11(16)10(7)8/h3-4,9,13,15H,1-2,5H2. The Morgan fingerprint density at radius 1 is 1.50 bits per heavy atom. The topological polar surface area (TPSA) is 52.6 Å². The van der Waals surface area contributed by atoms with Crippen LogP contribution in [-0.2, 0) is 0 Å². The lowest BCUT2D eigenvalue weighted by molar-refractivity contribution is 0.0691. The Morgan fingerprint density at radius 2 is 2.31 bits per heavy atom. The zero-order valence-electron chi connectivity index (χ0n) is 8.53. The lowest BCUT2D eigenvalue weighted by Gasteiger charge is -2.30. The summed E-state index contributed by atoms with van der Waals surface area (Å²) in [4.78, 5) is 13.9. The van der Waals surface area contributed by atoms with Crippen molar-refractivity contribution in [1.82, 2.24) is 10.2 Å². The third-order valence-corrected chi connectivity index (χ3v) is 3.48. The van der Waals surface area contributed by atoms with Crippen molar-refractivity contribution in [2.75, 3.05) is 19.6 Å². The fourth-order valence-electron chi connectivity index (χ4n) is 2.47. The van der Waals surface area contributed by atoms with Crippen LogP contribution in [0.5, 0.6) is 5.75 Å². The first kappa shape index (κ1) is 9.93. The molecule has 1 aromatic rings. The first-order valence-corrected chi connectivity index (χ1v) is 5.60. The molecule has 2 aliphatic heterocycles. The Bertz CT molecular complexity index is 475. The van der Waals surface area contributed by atoms with Crippen LogP contribution in [-0.4, -0.2) is 35.5 Å². The van der Waals surface area contributed by atoms with Crippen molar-refractivity contribution in [3.8, 4) is 5.75 Å². The molecule has 2 aliphatic rings. The lowest BCUT2D eigenvalue weighted by atomic mass is 10.0. The number of hydrogen-bond donors (Lipinski definition) is 2. The van der Waals surface area contributed by atoms with Gasteiger partial charge in [0.2, 0.25) is 0 Å². The molecule has 1 atom stereocenters. The summed E-state index contributed by atoms with van der Waals surface area (Å²) in [5.41, 5.74) is 1.38. The molecule has 1 amide bonds. The summed E-state index contributed by atoms with van der Waals surface area (Å²) in [5, 5.41) is 13.1. The predicted molar refractivity (Wildman–Crippen MR) is 59.8 cm³/mol. The number of aromatic hydroxyl groups is 1. The summed E-state index contributed by atoms with van der Waals surface area (Å²) in [5.74, 6) is 0.0930. The van der Waals surface area contributed by atoms with Crippen LogP contribution in [0.15, 0.2) is 12.1 Å². The molecule has 0 spiro atoms. The number of phenols is 1. The van der Waals surface area contributed by atoms with E-state index in [-0.39, 0.29) is 17.7 Å². The van der Waals surface area contributed by atoms with Gasteiger partial charge in [0.25, 0.3) is 5.91 Å². The minimum absolute atomic E-state index is 0.0147. The number of rotatable bonds is 0. The zero-order valence-corrected chi connectivity index (χ0v) is 9.29. The van der Waals surface area contributed by atoms with Crippen LogP contribution < -0.4 is 5.32 Å². The average molecular weight is 239 g/mol. The van der Waals surface area contributed by atoms with E-state index in [1.807, 2.05) is 4.90 Å². The third kappa shape index (κ3) is 1.23. The van der Waals surface area contributed by atoms with Crippen LogP contribution in [0, 0.1) is 0 Å². The van der Waals surface area contributed by atoms with E-state index in [1.54, 1.807) is 6.07 Å². The summed E-state index contributed by atoms with van der Waals surface area (Å²) < 4.78 is 0. The Hall–Kier alpha value is -1.26. The van der Waals surface area contributed by atoms with Gasteiger partial charge >= 0.3 is 0 Å². The molecule has 1 fully saturated rings. The van der Waals surface area contributed by atoms with Crippen LogP contribution >= 0.6 is 11.6 Å². The van der Waals surface area contributed by atoms with Crippen molar-refractivity contribution < 1.29 is 9.90 Å². The quantitative estimate of drug-likeness (QED) is 0.713. The Morgan fingerprint density at radius 3 is 3.12 bits per heavy atom. The van der Waals surface area contributed by atoms with Crippen molar-refractivity contribution in [2.45, 2.75) is 6.04 Å². The van der Waals surface area contributed by atoms with E-state index in [1.165, 1.54) is 6.07 Å². The van der Waals surface area contributed by atoms with E-state index < -0.39 is 0 Å². The first-order valence-electron chi connectivity index (χ1n) is 5.22. The lowest BCUT2D eigenvalue weighted by Crippen LogP contribution is -2.44. The van der Waals surface area contributed by atoms with Crippen LogP contribution in [0.4, 0.5) is 0 Å². The van der Waals surface area contributed by atoms with Gasteiger partial charge in [0.05, 0.1) is 16.6 Å².